The van der Waals surface area contributed by atoms with Crippen molar-refractivity contribution in [2.45, 2.75) is 6.92 Å². The van der Waals surface area contributed by atoms with Crippen LogP contribution in [-0.4, -0.2) is 10.5 Å². The van der Waals surface area contributed by atoms with Crippen LogP contribution >= 0.6 is 0 Å². The first-order chi connectivity index (χ1) is 8.58. The molecule has 0 aliphatic heterocycles. The zero-order valence-corrected chi connectivity index (χ0v) is 9.97. The van der Waals surface area contributed by atoms with Crippen molar-refractivity contribution < 1.29 is 4.79 Å². The average molecular weight is 239 g/mol. The van der Waals surface area contributed by atoms with Gasteiger partial charge in [0.15, 0.2) is 0 Å². The third-order valence-electron chi connectivity index (χ3n) is 3.13. The summed E-state index contributed by atoms with van der Waals surface area (Å²) in [6.07, 6.45) is 0. The third-order valence-corrected chi connectivity index (χ3v) is 3.13. The van der Waals surface area contributed by atoms with E-state index in [0.29, 0.717) is 11.4 Å². The van der Waals surface area contributed by atoms with Gasteiger partial charge in [-0.25, -0.2) is 0 Å². The summed E-state index contributed by atoms with van der Waals surface area (Å²) < 4.78 is 1.68. The minimum atomic E-state index is -0.0236. The number of hydrogen-bond donors (Lipinski definition) is 2. The van der Waals surface area contributed by atoms with Gasteiger partial charge >= 0.3 is 0 Å². The Labute approximate surface area is 104 Å². The van der Waals surface area contributed by atoms with Crippen LogP contribution in [0.25, 0.3) is 21.8 Å². The maximum atomic E-state index is 11.8. The maximum absolute atomic E-state index is 11.8. The van der Waals surface area contributed by atoms with Gasteiger partial charge in [-0.1, -0.05) is 0 Å². The molecule has 18 heavy (non-hydrogen) atoms. The lowest BCUT2D eigenvalue weighted by Gasteiger charge is -2.01. The van der Waals surface area contributed by atoms with E-state index in [2.05, 4.69) is 0 Å². The second-order valence-electron chi connectivity index (χ2n) is 4.41. The number of nitrogens with two attached hydrogens (primary N) is 2. The van der Waals surface area contributed by atoms with Crippen LogP contribution in [-0.2, 0) is 0 Å². The highest BCUT2D eigenvalue weighted by Gasteiger charge is 2.13. The molecule has 0 saturated heterocycles. The topological polar surface area (TPSA) is 74.0 Å². The molecule has 0 aliphatic carbocycles. The molecule has 0 atom stereocenters. The van der Waals surface area contributed by atoms with Gasteiger partial charge in [0.05, 0.1) is 11.0 Å². The SMILES string of the molecule is CC(=O)n1c2ccc(N)cc2c2cc(N)ccc21. The number of carbonyl (C=O) groups excluding carboxylic acids is 1. The molecule has 0 amide bonds. The average Bonchev–Trinajstić information content (AvgIpc) is 2.62. The van der Waals surface area contributed by atoms with Gasteiger partial charge in [-0.3, -0.25) is 9.36 Å². The van der Waals surface area contributed by atoms with Crippen LogP contribution < -0.4 is 11.5 Å². The lowest BCUT2D eigenvalue weighted by atomic mass is 10.1. The van der Waals surface area contributed by atoms with Crippen molar-refractivity contribution in [3.05, 3.63) is 36.4 Å². The Morgan fingerprint density at radius 1 is 0.944 bits per heavy atom. The van der Waals surface area contributed by atoms with Gasteiger partial charge in [-0.05, 0) is 36.4 Å². The molecule has 0 radical (unpaired) electrons. The summed E-state index contributed by atoms with van der Waals surface area (Å²) in [5.74, 6) is -0.0236. The highest BCUT2D eigenvalue weighted by molar-refractivity contribution is 6.14. The Kier molecular flexibility index (Phi) is 2.07. The van der Waals surface area contributed by atoms with Gasteiger partial charge in [0.2, 0.25) is 5.91 Å². The molecule has 90 valence electrons. The van der Waals surface area contributed by atoms with Gasteiger partial charge in [0, 0.05) is 29.1 Å². The molecule has 4 N–H and O–H groups in total. The molecule has 0 aliphatic rings. The molecule has 0 fully saturated rings. The van der Waals surface area contributed by atoms with E-state index in [9.17, 15) is 4.79 Å². The molecule has 0 bridgehead atoms. The van der Waals surface area contributed by atoms with Gasteiger partial charge < -0.3 is 11.5 Å². The predicted octanol–water partition coefficient (Wildman–Crippen LogP) is 2.62. The van der Waals surface area contributed by atoms with Crippen molar-refractivity contribution >= 4 is 39.1 Å². The zero-order valence-electron chi connectivity index (χ0n) is 9.97. The molecule has 3 rings (SSSR count). The lowest BCUT2D eigenvalue weighted by Crippen LogP contribution is -2.04. The second kappa shape index (κ2) is 3.50. The van der Waals surface area contributed by atoms with E-state index in [1.165, 1.54) is 0 Å². The molecule has 3 aromatic rings. The first-order valence-corrected chi connectivity index (χ1v) is 5.68. The molecule has 4 nitrogen and oxygen atoms in total. The normalized spacial score (nSPS) is 11.2. The van der Waals surface area contributed by atoms with Crippen molar-refractivity contribution in [2.75, 3.05) is 11.5 Å². The van der Waals surface area contributed by atoms with E-state index in [0.717, 1.165) is 21.8 Å². The smallest absolute Gasteiger partial charge is 0.228 e. The Bertz CT molecular complexity index is 727. The number of aromatic nitrogens is 1. The van der Waals surface area contributed by atoms with Crippen molar-refractivity contribution in [3.8, 4) is 0 Å². The number of carbonyl (C=O) groups is 1. The van der Waals surface area contributed by atoms with Gasteiger partial charge in [0.25, 0.3) is 0 Å². The van der Waals surface area contributed by atoms with Gasteiger partial charge in [0.1, 0.15) is 0 Å². The van der Waals surface area contributed by atoms with E-state index in [1.54, 1.807) is 23.6 Å². The fraction of sp³-hybridized carbons (Fsp3) is 0.0714. The fourth-order valence-corrected chi connectivity index (χ4v) is 2.40. The summed E-state index contributed by atoms with van der Waals surface area (Å²) in [5.41, 5.74) is 14.7. The summed E-state index contributed by atoms with van der Waals surface area (Å²) in [4.78, 5) is 11.8. The Morgan fingerprint density at radius 2 is 1.39 bits per heavy atom. The van der Waals surface area contributed by atoms with Crippen LogP contribution in [0.5, 0.6) is 0 Å². The molecular weight excluding hydrogens is 226 g/mol. The Balaban J connectivity index is 2.60. The molecule has 0 spiro atoms. The van der Waals surface area contributed by atoms with E-state index in [1.807, 2.05) is 24.3 Å². The van der Waals surface area contributed by atoms with Gasteiger partial charge in [-0.15, -0.1) is 0 Å². The summed E-state index contributed by atoms with van der Waals surface area (Å²) >= 11 is 0. The number of rotatable bonds is 0. The largest absolute Gasteiger partial charge is 0.399 e. The monoisotopic (exact) mass is 239 g/mol. The number of benzene rings is 2. The van der Waals surface area contributed by atoms with Crippen molar-refractivity contribution in [2.24, 2.45) is 0 Å². The van der Waals surface area contributed by atoms with Crippen LogP contribution in [0.3, 0.4) is 0 Å². The predicted molar refractivity (Wildman–Crippen MR) is 74.6 cm³/mol. The number of nitrogens with zero attached hydrogens (tertiary/aromatic N) is 1. The molecular formula is C14H13N3O. The third kappa shape index (κ3) is 1.35. The van der Waals surface area contributed by atoms with Crippen LogP contribution in [0.2, 0.25) is 0 Å². The number of anilines is 2. The van der Waals surface area contributed by atoms with E-state index >= 15 is 0 Å². The number of nitrogen functional groups attached to an aromatic ring is 2. The minimum absolute atomic E-state index is 0.0236. The molecule has 2 aromatic carbocycles. The Morgan fingerprint density at radius 3 is 1.78 bits per heavy atom. The van der Waals surface area contributed by atoms with Crippen LogP contribution in [0.15, 0.2) is 36.4 Å². The summed E-state index contributed by atoms with van der Waals surface area (Å²) in [6, 6.07) is 11.1. The molecule has 4 heteroatoms. The van der Waals surface area contributed by atoms with Crippen LogP contribution in [0.1, 0.15) is 11.7 Å². The van der Waals surface area contributed by atoms with E-state index < -0.39 is 0 Å². The maximum Gasteiger partial charge on any atom is 0.228 e. The van der Waals surface area contributed by atoms with Crippen molar-refractivity contribution in [1.82, 2.24) is 4.57 Å². The van der Waals surface area contributed by atoms with E-state index in [-0.39, 0.29) is 5.91 Å². The quantitative estimate of drug-likeness (QED) is 0.592. The van der Waals surface area contributed by atoms with E-state index in [4.69, 9.17) is 11.5 Å². The highest BCUT2D eigenvalue weighted by atomic mass is 16.1. The lowest BCUT2D eigenvalue weighted by molar-refractivity contribution is 0.0946. The molecule has 0 saturated carbocycles. The van der Waals surface area contributed by atoms with Crippen LogP contribution in [0.4, 0.5) is 11.4 Å². The summed E-state index contributed by atoms with van der Waals surface area (Å²) in [5, 5.41) is 1.90. The second-order valence-corrected chi connectivity index (χ2v) is 4.41. The number of fused-ring (bicyclic) bond motifs is 3. The molecule has 1 aromatic heterocycles. The first kappa shape index (κ1) is 10.7. The minimum Gasteiger partial charge on any atom is -0.399 e. The van der Waals surface area contributed by atoms with Gasteiger partial charge in [-0.2, -0.15) is 0 Å². The fourth-order valence-electron chi connectivity index (χ4n) is 2.40. The zero-order chi connectivity index (χ0) is 12.9. The first-order valence-electron chi connectivity index (χ1n) is 5.68. The number of hydrogen-bond acceptors (Lipinski definition) is 3. The summed E-state index contributed by atoms with van der Waals surface area (Å²) in [7, 11) is 0. The Hall–Kier alpha value is -2.49. The van der Waals surface area contributed by atoms with Crippen molar-refractivity contribution in [3.63, 3.8) is 0 Å². The standard InChI is InChI=1S/C14H13N3O/c1-8(18)17-13-4-2-9(15)6-11(13)12-7-10(16)3-5-14(12)17/h2-7H,15-16H2,1H3. The van der Waals surface area contributed by atoms with Crippen molar-refractivity contribution in [1.29, 1.82) is 0 Å². The molecule has 1 heterocycles. The highest BCUT2D eigenvalue weighted by Crippen LogP contribution is 2.31. The molecule has 0 unspecified atom stereocenters. The summed E-state index contributed by atoms with van der Waals surface area (Å²) in [6.45, 7) is 1.55. The van der Waals surface area contributed by atoms with Crippen LogP contribution in [0, 0.1) is 0 Å².